The van der Waals surface area contributed by atoms with Gasteiger partial charge in [0.25, 0.3) is 0 Å². The van der Waals surface area contributed by atoms with E-state index in [1.165, 1.54) is 0 Å². The van der Waals surface area contributed by atoms with E-state index < -0.39 is 5.60 Å². The molecule has 0 bridgehead atoms. The quantitative estimate of drug-likeness (QED) is 0.258. The van der Waals surface area contributed by atoms with E-state index in [-0.39, 0.29) is 30.0 Å². The van der Waals surface area contributed by atoms with Gasteiger partial charge in [0, 0.05) is 33.9 Å². The van der Waals surface area contributed by atoms with Gasteiger partial charge in [-0.1, -0.05) is 71.2 Å². The maximum absolute atomic E-state index is 13.2. The van der Waals surface area contributed by atoms with Crippen molar-refractivity contribution in [3.8, 4) is 11.1 Å². The van der Waals surface area contributed by atoms with Gasteiger partial charge in [-0.25, -0.2) is 0 Å². The van der Waals surface area contributed by atoms with Crippen molar-refractivity contribution >= 4 is 35.0 Å². The molecule has 184 valence electrons. The number of Topliss-reactive ketones (excluding diaryl/α,β-unsaturated/α-hetero) is 1. The van der Waals surface area contributed by atoms with Crippen LogP contribution in [0.2, 0.25) is 10.0 Å². The zero-order valence-corrected chi connectivity index (χ0v) is 22.3. The van der Waals surface area contributed by atoms with Crippen molar-refractivity contribution in [2.75, 3.05) is 0 Å². The van der Waals surface area contributed by atoms with E-state index in [9.17, 15) is 9.59 Å². The molecule has 0 saturated heterocycles. The second-order valence-electron chi connectivity index (χ2n) is 10.6. The molecule has 0 N–H and O–H groups in total. The van der Waals surface area contributed by atoms with Gasteiger partial charge in [0.15, 0.2) is 5.78 Å². The SMILES string of the molecule is CC1=CC(c2cc(Cl)ccc2Cl)c2c(ccc3c2CC(=O)c2ccccc2-3)C1CC(=O)OC(C)(C)C. The van der Waals surface area contributed by atoms with Crippen molar-refractivity contribution in [1.82, 2.24) is 0 Å². The average molecular weight is 519 g/mol. The number of ether oxygens (including phenoxy) is 1. The van der Waals surface area contributed by atoms with E-state index in [0.29, 0.717) is 16.5 Å². The van der Waals surface area contributed by atoms with Crippen LogP contribution in [0.25, 0.3) is 11.1 Å². The van der Waals surface area contributed by atoms with Gasteiger partial charge in [0.1, 0.15) is 5.60 Å². The van der Waals surface area contributed by atoms with E-state index >= 15 is 0 Å². The van der Waals surface area contributed by atoms with Gasteiger partial charge in [0.2, 0.25) is 0 Å². The van der Waals surface area contributed by atoms with Crippen LogP contribution in [0, 0.1) is 0 Å². The molecule has 0 spiro atoms. The third-order valence-corrected chi connectivity index (χ3v) is 7.57. The van der Waals surface area contributed by atoms with Crippen LogP contribution >= 0.6 is 23.2 Å². The molecule has 0 radical (unpaired) electrons. The molecule has 2 aliphatic carbocycles. The van der Waals surface area contributed by atoms with E-state index in [1.54, 1.807) is 6.07 Å². The smallest absolute Gasteiger partial charge is 0.307 e. The van der Waals surface area contributed by atoms with Crippen molar-refractivity contribution in [3.63, 3.8) is 0 Å². The van der Waals surface area contributed by atoms with E-state index in [0.717, 1.165) is 44.5 Å². The van der Waals surface area contributed by atoms with E-state index in [2.05, 4.69) is 18.2 Å². The Labute approximate surface area is 222 Å². The molecule has 36 heavy (non-hydrogen) atoms. The summed E-state index contributed by atoms with van der Waals surface area (Å²) < 4.78 is 5.67. The third-order valence-electron chi connectivity index (χ3n) is 7.00. The van der Waals surface area contributed by atoms with Crippen LogP contribution in [0.4, 0.5) is 0 Å². The fourth-order valence-corrected chi connectivity index (χ4v) is 5.96. The first-order valence-electron chi connectivity index (χ1n) is 12.2. The van der Waals surface area contributed by atoms with Gasteiger partial charge in [-0.3, -0.25) is 9.59 Å². The van der Waals surface area contributed by atoms with Gasteiger partial charge in [-0.05, 0) is 79.3 Å². The number of hydrogen-bond donors (Lipinski definition) is 0. The lowest BCUT2D eigenvalue weighted by Gasteiger charge is -2.35. The summed E-state index contributed by atoms with van der Waals surface area (Å²) in [6, 6.07) is 17.4. The first-order valence-corrected chi connectivity index (χ1v) is 12.9. The summed E-state index contributed by atoms with van der Waals surface area (Å²) in [6.07, 6.45) is 2.70. The summed E-state index contributed by atoms with van der Waals surface area (Å²) in [6.45, 7) is 7.67. The van der Waals surface area contributed by atoms with Crippen LogP contribution < -0.4 is 0 Å². The highest BCUT2D eigenvalue weighted by Crippen LogP contribution is 2.49. The van der Waals surface area contributed by atoms with Crippen LogP contribution in [-0.2, 0) is 16.0 Å². The van der Waals surface area contributed by atoms with Gasteiger partial charge in [-0.15, -0.1) is 0 Å². The van der Waals surface area contributed by atoms with Crippen molar-refractivity contribution in [3.05, 3.63) is 104 Å². The fourth-order valence-electron chi connectivity index (χ4n) is 5.54. The second kappa shape index (κ2) is 9.21. The van der Waals surface area contributed by atoms with Crippen LogP contribution in [0.3, 0.4) is 0 Å². The zero-order valence-electron chi connectivity index (χ0n) is 20.8. The molecule has 0 aliphatic heterocycles. The Hall–Kier alpha value is -2.88. The molecule has 3 aromatic carbocycles. The minimum Gasteiger partial charge on any atom is -0.460 e. The lowest BCUT2D eigenvalue weighted by Crippen LogP contribution is -2.27. The second-order valence-corrected chi connectivity index (χ2v) is 11.5. The lowest BCUT2D eigenvalue weighted by atomic mass is 9.69. The number of allylic oxidation sites excluding steroid dienone is 2. The molecule has 2 unspecified atom stereocenters. The van der Waals surface area contributed by atoms with Crippen LogP contribution in [0.5, 0.6) is 0 Å². The van der Waals surface area contributed by atoms with Crippen molar-refractivity contribution < 1.29 is 14.3 Å². The number of rotatable bonds is 3. The Bertz CT molecular complexity index is 1430. The van der Waals surface area contributed by atoms with Crippen molar-refractivity contribution in [1.29, 1.82) is 0 Å². The molecule has 0 amide bonds. The summed E-state index contributed by atoms with van der Waals surface area (Å²) in [5, 5.41) is 1.22. The summed E-state index contributed by atoms with van der Waals surface area (Å²) >= 11 is 13.1. The molecule has 0 heterocycles. The molecule has 5 rings (SSSR count). The fraction of sp³-hybridized carbons (Fsp3) is 0.290. The number of ketones is 1. The molecular weight excluding hydrogens is 491 g/mol. The van der Waals surface area contributed by atoms with E-state index in [1.807, 2.05) is 64.1 Å². The van der Waals surface area contributed by atoms with Crippen LogP contribution in [0.1, 0.15) is 78.6 Å². The van der Waals surface area contributed by atoms with Gasteiger partial charge >= 0.3 is 5.97 Å². The van der Waals surface area contributed by atoms with Crippen molar-refractivity contribution in [2.45, 2.75) is 58.0 Å². The highest BCUT2D eigenvalue weighted by atomic mass is 35.5. The number of halogens is 2. The standard InChI is InChI=1S/C31H28Cl2O3/c1-17-13-25(24-14-18(32)9-12-27(24)33)30-22(23(17)16-29(35)36-31(2,3)4)11-10-20-19-7-5-6-8-21(19)28(34)15-26(20)30/h5-14,23,25H,15-16H2,1-4H3. The topological polar surface area (TPSA) is 43.4 Å². The Morgan fingerprint density at radius 2 is 1.69 bits per heavy atom. The Morgan fingerprint density at radius 1 is 0.972 bits per heavy atom. The summed E-state index contributed by atoms with van der Waals surface area (Å²) in [7, 11) is 0. The molecule has 0 fully saturated rings. The lowest BCUT2D eigenvalue weighted by molar-refractivity contribution is -0.155. The van der Waals surface area contributed by atoms with Gasteiger partial charge in [-0.2, -0.15) is 0 Å². The highest BCUT2D eigenvalue weighted by molar-refractivity contribution is 6.33. The molecule has 0 saturated carbocycles. The molecular formula is C31H28Cl2O3. The predicted octanol–water partition coefficient (Wildman–Crippen LogP) is 8.31. The largest absolute Gasteiger partial charge is 0.460 e. The number of esters is 1. The molecule has 0 aromatic heterocycles. The molecule has 3 aromatic rings. The number of fused-ring (bicyclic) bond motifs is 5. The maximum Gasteiger partial charge on any atom is 0.307 e. The van der Waals surface area contributed by atoms with Crippen LogP contribution in [-0.4, -0.2) is 17.4 Å². The third kappa shape index (κ3) is 4.51. The first kappa shape index (κ1) is 24.8. The molecule has 2 aliphatic rings. The molecule has 3 nitrogen and oxygen atoms in total. The summed E-state index contributed by atoms with van der Waals surface area (Å²) in [5.74, 6) is -0.488. The van der Waals surface area contributed by atoms with E-state index in [4.69, 9.17) is 27.9 Å². The van der Waals surface area contributed by atoms with Gasteiger partial charge < -0.3 is 4.74 Å². The Kier molecular flexibility index (Phi) is 6.34. The van der Waals surface area contributed by atoms with Crippen LogP contribution in [0.15, 0.2) is 66.2 Å². The number of hydrogen-bond acceptors (Lipinski definition) is 3. The number of benzene rings is 3. The summed E-state index contributed by atoms with van der Waals surface area (Å²) in [4.78, 5) is 26.1. The number of carbonyl (C=O) groups is 2. The molecule has 2 atom stereocenters. The monoisotopic (exact) mass is 518 g/mol. The highest BCUT2D eigenvalue weighted by Gasteiger charge is 2.36. The predicted molar refractivity (Wildman–Crippen MR) is 145 cm³/mol. The first-order chi connectivity index (χ1) is 17.0. The molecule has 5 heteroatoms. The minimum atomic E-state index is -0.560. The normalized spacial score (nSPS) is 18.6. The average Bonchev–Trinajstić information content (AvgIpc) is 2.81. The maximum atomic E-state index is 13.2. The number of carbonyl (C=O) groups excluding carboxylic acids is 2. The van der Waals surface area contributed by atoms with Crippen molar-refractivity contribution in [2.24, 2.45) is 0 Å². The zero-order chi connectivity index (χ0) is 25.8. The minimum absolute atomic E-state index is 0.0948. The van der Waals surface area contributed by atoms with Gasteiger partial charge in [0.05, 0.1) is 6.42 Å². The Morgan fingerprint density at radius 3 is 2.42 bits per heavy atom. The Balaban J connectivity index is 1.72. The summed E-state index contributed by atoms with van der Waals surface area (Å²) in [5.41, 5.74) is 7.21.